The summed E-state index contributed by atoms with van der Waals surface area (Å²) < 4.78 is 15.3. The number of hydrazone groups is 1. The number of nitrogens with zero attached hydrogens (tertiary/aromatic N) is 3. The second kappa shape index (κ2) is 7.95. The van der Waals surface area contributed by atoms with E-state index in [1.54, 1.807) is 19.1 Å². The maximum absolute atomic E-state index is 15.3. The zero-order valence-electron chi connectivity index (χ0n) is 18.9. The first kappa shape index (κ1) is 21.3. The molecule has 5 heteroatoms. The Bertz CT molecular complexity index is 1070. The highest BCUT2D eigenvalue weighted by Gasteiger charge is 2.37. The fourth-order valence-corrected chi connectivity index (χ4v) is 4.86. The fourth-order valence-electron chi connectivity index (χ4n) is 4.86. The van der Waals surface area contributed by atoms with Crippen molar-refractivity contribution in [2.24, 2.45) is 5.10 Å². The summed E-state index contributed by atoms with van der Waals surface area (Å²) in [7, 11) is 0. The zero-order valence-corrected chi connectivity index (χ0v) is 18.9. The number of carbonyl (C=O) groups is 1. The Morgan fingerprint density at radius 1 is 1.23 bits per heavy atom. The molecule has 1 amide bonds. The molecule has 1 unspecified atom stereocenters. The van der Waals surface area contributed by atoms with Gasteiger partial charge in [-0.1, -0.05) is 32.0 Å². The van der Waals surface area contributed by atoms with Gasteiger partial charge in [-0.05, 0) is 75.4 Å². The van der Waals surface area contributed by atoms with Gasteiger partial charge in [-0.15, -0.1) is 0 Å². The molecule has 2 aliphatic rings. The van der Waals surface area contributed by atoms with E-state index in [0.29, 0.717) is 28.5 Å². The van der Waals surface area contributed by atoms with Crippen LogP contribution in [0, 0.1) is 5.82 Å². The van der Waals surface area contributed by atoms with Gasteiger partial charge >= 0.3 is 0 Å². The number of benzene rings is 2. The number of carbonyl (C=O) groups excluding carboxylic acids is 1. The average Bonchev–Trinajstić information content (AvgIpc) is 3.00. The smallest absolute Gasteiger partial charge is 0.280 e. The first-order valence-electron chi connectivity index (χ1n) is 11.0. The Balaban J connectivity index is 1.74. The largest absolute Gasteiger partial charge is 0.366 e. The normalized spacial score (nSPS) is 21.5. The van der Waals surface area contributed by atoms with Gasteiger partial charge in [0.05, 0.1) is 17.0 Å². The van der Waals surface area contributed by atoms with Crippen LogP contribution < -0.4 is 9.91 Å². The summed E-state index contributed by atoms with van der Waals surface area (Å²) in [4.78, 5) is 15.3. The first-order chi connectivity index (χ1) is 14.7. The van der Waals surface area contributed by atoms with Crippen molar-refractivity contribution < 1.29 is 9.18 Å². The lowest BCUT2D eigenvalue weighted by atomic mass is 9.79. The molecule has 0 bridgehead atoms. The second-order valence-electron chi connectivity index (χ2n) is 9.20. The van der Waals surface area contributed by atoms with Gasteiger partial charge in [0.1, 0.15) is 5.82 Å². The summed E-state index contributed by atoms with van der Waals surface area (Å²) in [5.41, 5.74) is 4.25. The Morgan fingerprint density at radius 3 is 2.61 bits per heavy atom. The maximum Gasteiger partial charge on any atom is 0.280 e. The SMILES string of the molecule is CCCN1c2cc(F)c(/C=C3\C(=O)N(c4ccccc4)N=C3C)cc2C(C)CC1(C)C. The van der Waals surface area contributed by atoms with Crippen LogP contribution in [0.1, 0.15) is 64.5 Å². The molecule has 1 atom stereocenters. The minimum atomic E-state index is -0.309. The van der Waals surface area contributed by atoms with Crippen molar-refractivity contribution in [2.45, 2.75) is 58.9 Å². The van der Waals surface area contributed by atoms with Crippen molar-refractivity contribution in [1.29, 1.82) is 0 Å². The maximum atomic E-state index is 15.3. The van der Waals surface area contributed by atoms with Crippen molar-refractivity contribution in [3.05, 3.63) is 65.0 Å². The highest BCUT2D eigenvalue weighted by Crippen LogP contribution is 2.44. The summed E-state index contributed by atoms with van der Waals surface area (Å²) in [5, 5.41) is 5.79. The first-order valence-corrected chi connectivity index (χ1v) is 11.0. The molecule has 2 aromatic carbocycles. The standard InChI is InChI=1S/C26H30FN3O/c1-6-12-29-24-15-23(27)19(13-21(24)17(2)16-26(29,4)5)14-22-18(3)28-30(25(22)31)20-10-8-7-9-11-20/h7-11,13-15,17H,6,12,16H2,1-5H3/b22-14-. The quantitative estimate of drug-likeness (QED) is 0.559. The van der Waals surface area contributed by atoms with Crippen LogP contribution in [0.15, 0.2) is 53.1 Å². The van der Waals surface area contributed by atoms with Crippen molar-refractivity contribution in [1.82, 2.24) is 0 Å². The number of para-hydroxylation sites is 1. The number of halogens is 1. The van der Waals surface area contributed by atoms with Crippen molar-refractivity contribution in [2.75, 3.05) is 16.5 Å². The van der Waals surface area contributed by atoms with Crippen LogP contribution in [0.3, 0.4) is 0 Å². The lowest BCUT2D eigenvalue weighted by Crippen LogP contribution is -2.48. The van der Waals surface area contributed by atoms with Crippen LogP contribution in [-0.4, -0.2) is 23.7 Å². The lowest BCUT2D eigenvalue weighted by Gasteiger charge is -2.47. The molecule has 2 aromatic rings. The molecule has 4 nitrogen and oxygen atoms in total. The molecule has 162 valence electrons. The van der Waals surface area contributed by atoms with Crippen LogP contribution in [0.2, 0.25) is 0 Å². The molecule has 0 spiro atoms. The van der Waals surface area contributed by atoms with Crippen LogP contribution in [0.25, 0.3) is 6.08 Å². The number of rotatable bonds is 4. The molecule has 0 aromatic heterocycles. The van der Waals surface area contributed by atoms with Gasteiger partial charge in [0.25, 0.3) is 5.91 Å². The molecule has 2 aliphatic heterocycles. The Kier molecular flexibility index (Phi) is 5.46. The van der Waals surface area contributed by atoms with E-state index in [9.17, 15) is 4.79 Å². The molecule has 2 heterocycles. The summed E-state index contributed by atoms with van der Waals surface area (Å²) in [6.07, 6.45) is 3.66. The zero-order chi connectivity index (χ0) is 22.3. The van der Waals surface area contributed by atoms with E-state index in [2.05, 4.69) is 37.7 Å². The molecule has 0 fully saturated rings. The Labute approximate surface area is 184 Å². The molecule has 0 N–H and O–H groups in total. The summed E-state index contributed by atoms with van der Waals surface area (Å²) in [6.45, 7) is 11.5. The molecule has 0 saturated heterocycles. The summed E-state index contributed by atoms with van der Waals surface area (Å²) >= 11 is 0. The van der Waals surface area contributed by atoms with Gasteiger partial charge in [0.15, 0.2) is 0 Å². The molecule has 0 aliphatic carbocycles. The van der Waals surface area contributed by atoms with Gasteiger partial charge in [-0.2, -0.15) is 10.1 Å². The highest BCUT2D eigenvalue weighted by atomic mass is 19.1. The van der Waals surface area contributed by atoms with Gasteiger partial charge in [0, 0.05) is 23.3 Å². The lowest BCUT2D eigenvalue weighted by molar-refractivity contribution is -0.114. The monoisotopic (exact) mass is 419 g/mol. The second-order valence-corrected chi connectivity index (χ2v) is 9.20. The number of hydrogen-bond acceptors (Lipinski definition) is 3. The molecule has 0 saturated carbocycles. The molecular weight excluding hydrogens is 389 g/mol. The van der Waals surface area contributed by atoms with E-state index >= 15 is 4.39 Å². The third-order valence-electron chi connectivity index (χ3n) is 6.31. The number of hydrogen-bond donors (Lipinski definition) is 0. The van der Waals surface area contributed by atoms with E-state index in [0.717, 1.165) is 30.6 Å². The van der Waals surface area contributed by atoms with E-state index in [-0.39, 0.29) is 17.3 Å². The van der Waals surface area contributed by atoms with Crippen LogP contribution in [-0.2, 0) is 4.79 Å². The number of amides is 1. The van der Waals surface area contributed by atoms with Gasteiger partial charge in [0.2, 0.25) is 0 Å². The predicted molar refractivity (Wildman–Crippen MR) is 126 cm³/mol. The van der Waals surface area contributed by atoms with Crippen molar-refractivity contribution >= 4 is 29.1 Å². The molecule has 31 heavy (non-hydrogen) atoms. The minimum absolute atomic E-state index is 0.0182. The summed E-state index contributed by atoms with van der Waals surface area (Å²) in [6, 6.07) is 12.9. The van der Waals surface area contributed by atoms with Gasteiger partial charge < -0.3 is 4.90 Å². The fraction of sp³-hybridized carbons (Fsp3) is 0.385. The number of fused-ring (bicyclic) bond motifs is 1. The van der Waals surface area contributed by atoms with Gasteiger partial charge in [-0.25, -0.2) is 4.39 Å². The third kappa shape index (κ3) is 3.78. The Morgan fingerprint density at radius 2 is 1.94 bits per heavy atom. The Hall–Kier alpha value is -2.95. The van der Waals surface area contributed by atoms with E-state index in [4.69, 9.17) is 0 Å². The van der Waals surface area contributed by atoms with Crippen molar-refractivity contribution in [3.63, 3.8) is 0 Å². The molecule has 0 radical (unpaired) electrons. The van der Waals surface area contributed by atoms with Crippen LogP contribution >= 0.6 is 0 Å². The van der Waals surface area contributed by atoms with Crippen molar-refractivity contribution in [3.8, 4) is 0 Å². The molecule has 4 rings (SSSR count). The topological polar surface area (TPSA) is 35.9 Å². The molecular formula is C26H30FN3O. The third-order valence-corrected chi connectivity index (χ3v) is 6.31. The van der Waals surface area contributed by atoms with Crippen LogP contribution in [0.5, 0.6) is 0 Å². The van der Waals surface area contributed by atoms with E-state index in [1.165, 1.54) is 5.01 Å². The summed E-state index contributed by atoms with van der Waals surface area (Å²) in [5.74, 6) is -0.232. The van der Waals surface area contributed by atoms with Crippen LogP contribution in [0.4, 0.5) is 15.8 Å². The highest BCUT2D eigenvalue weighted by molar-refractivity contribution is 6.32. The number of anilines is 2. The van der Waals surface area contributed by atoms with E-state index in [1.807, 2.05) is 36.4 Å². The predicted octanol–water partition coefficient (Wildman–Crippen LogP) is 6.13. The van der Waals surface area contributed by atoms with Gasteiger partial charge in [-0.3, -0.25) is 4.79 Å². The van der Waals surface area contributed by atoms with E-state index < -0.39 is 0 Å². The average molecular weight is 420 g/mol. The minimum Gasteiger partial charge on any atom is -0.366 e.